The van der Waals surface area contributed by atoms with E-state index in [4.69, 9.17) is 5.26 Å². The second kappa shape index (κ2) is 3.06. The minimum absolute atomic E-state index is 0.00257. The lowest BCUT2D eigenvalue weighted by Crippen LogP contribution is -2.32. The number of nitriles is 1. The molecular weight excluding hydrogens is 148 g/mol. The molecule has 0 heterocycles. The molecule has 0 bridgehead atoms. The number of nitrogens with one attached hydrogen (secondary N) is 1. The third-order valence-electron chi connectivity index (χ3n) is 3.10. The Morgan fingerprint density at radius 3 is 2.50 bits per heavy atom. The summed E-state index contributed by atoms with van der Waals surface area (Å²) in [5.41, 5.74) is 0.00257. The van der Waals surface area contributed by atoms with Gasteiger partial charge in [0.25, 0.3) is 0 Å². The normalized spacial score (nSPS) is 26.9. The van der Waals surface area contributed by atoms with Crippen LogP contribution in [0.1, 0.15) is 38.5 Å². The van der Waals surface area contributed by atoms with Crippen LogP contribution in [0, 0.1) is 16.7 Å². The molecule has 2 nitrogen and oxygen atoms in total. The average Bonchev–Trinajstić information content (AvgIpc) is 2.82. The largest absolute Gasteiger partial charge is 0.312 e. The highest BCUT2D eigenvalue weighted by Gasteiger charge is 2.35. The van der Waals surface area contributed by atoms with Gasteiger partial charge in [-0.1, -0.05) is 12.8 Å². The van der Waals surface area contributed by atoms with Gasteiger partial charge >= 0.3 is 0 Å². The van der Waals surface area contributed by atoms with Crippen molar-refractivity contribution in [1.29, 1.82) is 5.26 Å². The van der Waals surface area contributed by atoms with Gasteiger partial charge < -0.3 is 5.32 Å². The topological polar surface area (TPSA) is 35.8 Å². The molecule has 2 aliphatic carbocycles. The van der Waals surface area contributed by atoms with Gasteiger partial charge in [0.2, 0.25) is 0 Å². The fraction of sp³-hybridized carbons (Fsp3) is 0.900. The summed E-state index contributed by atoms with van der Waals surface area (Å²) in [6, 6.07) is 3.24. The van der Waals surface area contributed by atoms with Crippen molar-refractivity contribution in [3.8, 4) is 6.07 Å². The average molecular weight is 164 g/mol. The van der Waals surface area contributed by atoms with E-state index in [9.17, 15) is 0 Å². The smallest absolute Gasteiger partial charge is 0.0703 e. The molecule has 0 aromatic heterocycles. The lowest BCUT2D eigenvalue weighted by Gasteiger charge is -2.20. The monoisotopic (exact) mass is 164 g/mol. The van der Waals surface area contributed by atoms with Gasteiger partial charge in [-0.15, -0.1) is 0 Å². The first-order valence-corrected chi connectivity index (χ1v) is 4.99. The Bertz CT molecular complexity index is 194. The Morgan fingerprint density at radius 1 is 1.33 bits per heavy atom. The summed E-state index contributed by atoms with van der Waals surface area (Å²) in [6.45, 7) is 0.939. The van der Waals surface area contributed by atoms with Crippen molar-refractivity contribution >= 4 is 0 Å². The first-order valence-electron chi connectivity index (χ1n) is 4.99. The molecule has 0 unspecified atom stereocenters. The van der Waals surface area contributed by atoms with Gasteiger partial charge in [0.05, 0.1) is 11.5 Å². The molecule has 0 aliphatic heterocycles. The molecule has 1 N–H and O–H groups in total. The van der Waals surface area contributed by atoms with Crippen LogP contribution in [-0.2, 0) is 0 Å². The van der Waals surface area contributed by atoms with Crippen LogP contribution >= 0.6 is 0 Å². The summed E-state index contributed by atoms with van der Waals surface area (Å²) < 4.78 is 0. The molecule has 0 saturated heterocycles. The third kappa shape index (κ3) is 1.61. The van der Waals surface area contributed by atoms with Crippen molar-refractivity contribution in [3.05, 3.63) is 0 Å². The first kappa shape index (κ1) is 8.07. The van der Waals surface area contributed by atoms with Crippen molar-refractivity contribution in [2.45, 2.75) is 44.6 Å². The van der Waals surface area contributed by atoms with Crippen LogP contribution in [0.5, 0.6) is 0 Å². The molecule has 0 amide bonds. The number of hydrogen-bond acceptors (Lipinski definition) is 2. The molecule has 0 aromatic carbocycles. The Balaban J connectivity index is 1.84. The summed E-state index contributed by atoms with van der Waals surface area (Å²) in [5.74, 6) is 0. The molecule has 2 fully saturated rings. The third-order valence-corrected chi connectivity index (χ3v) is 3.10. The number of hydrogen-bond donors (Lipinski definition) is 1. The molecule has 0 spiro atoms. The van der Waals surface area contributed by atoms with Crippen LogP contribution < -0.4 is 5.32 Å². The highest BCUT2D eigenvalue weighted by molar-refractivity contribution is 5.04. The van der Waals surface area contributed by atoms with E-state index in [0.717, 1.165) is 25.4 Å². The zero-order valence-corrected chi connectivity index (χ0v) is 7.47. The second-order valence-corrected chi connectivity index (χ2v) is 4.25. The van der Waals surface area contributed by atoms with E-state index in [2.05, 4.69) is 11.4 Å². The van der Waals surface area contributed by atoms with E-state index < -0.39 is 0 Å². The molecule has 2 aliphatic rings. The Labute approximate surface area is 74.0 Å². The predicted octanol–water partition coefficient (Wildman–Crippen LogP) is 1.82. The molecule has 0 aromatic rings. The van der Waals surface area contributed by atoms with Gasteiger partial charge in [0.1, 0.15) is 0 Å². The van der Waals surface area contributed by atoms with Gasteiger partial charge in [-0.25, -0.2) is 0 Å². The highest BCUT2D eigenvalue weighted by Crippen LogP contribution is 2.37. The van der Waals surface area contributed by atoms with Gasteiger partial charge in [-0.2, -0.15) is 5.26 Å². The van der Waals surface area contributed by atoms with Gasteiger partial charge in [0.15, 0.2) is 0 Å². The minimum atomic E-state index is 0.00257. The molecule has 66 valence electrons. The van der Waals surface area contributed by atoms with Crippen LogP contribution in [-0.4, -0.2) is 12.6 Å². The fourth-order valence-corrected chi connectivity index (χ4v) is 2.01. The van der Waals surface area contributed by atoms with Gasteiger partial charge in [0, 0.05) is 12.6 Å². The molecule has 0 atom stereocenters. The van der Waals surface area contributed by atoms with Crippen LogP contribution in [0.4, 0.5) is 0 Å². The van der Waals surface area contributed by atoms with E-state index in [1.165, 1.54) is 25.7 Å². The minimum Gasteiger partial charge on any atom is -0.312 e. The highest BCUT2D eigenvalue weighted by atomic mass is 15.0. The van der Waals surface area contributed by atoms with E-state index in [-0.39, 0.29) is 5.41 Å². The Morgan fingerprint density at radius 2 is 2.00 bits per heavy atom. The van der Waals surface area contributed by atoms with E-state index in [1.54, 1.807) is 0 Å². The van der Waals surface area contributed by atoms with Gasteiger partial charge in [-0.3, -0.25) is 0 Å². The lowest BCUT2D eigenvalue weighted by molar-refractivity contribution is 0.377. The van der Waals surface area contributed by atoms with Gasteiger partial charge in [-0.05, 0) is 25.7 Å². The first-order chi connectivity index (χ1) is 5.85. The maximum Gasteiger partial charge on any atom is 0.0703 e. The zero-order valence-electron chi connectivity index (χ0n) is 7.47. The standard InChI is InChI=1S/C10H16N2/c11-7-10(5-1-2-6-10)8-12-9-3-4-9/h9,12H,1-6,8H2. The van der Waals surface area contributed by atoms with Crippen molar-refractivity contribution in [2.24, 2.45) is 5.41 Å². The van der Waals surface area contributed by atoms with Crippen LogP contribution in [0.15, 0.2) is 0 Å². The number of nitrogens with zero attached hydrogens (tertiary/aromatic N) is 1. The Hall–Kier alpha value is -0.550. The summed E-state index contributed by atoms with van der Waals surface area (Å²) in [4.78, 5) is 0. The van der Waals surface area contributed by atoms with E-state index in [0.29, 0.717) is 0 Å². The zero-order chi connectivity index (χ0) is 8.44. The quantitative estimate of drug-likeness (QED) is 0.690. The summed E-state index contributed by atoms with van der Waals surface area (Å²) in [7, 11) is 0. The summed E-state index contributed by atoms with van der Waals surface area (Å²) >= 11 is 0. The van der Waals surface area contributed by atoms with Crippen molar-refractivity contribution in [2.75, 3.05) is 6.54 Å². The van der Waals surface area contributed by atoms with E-state index in [1.807, 2.05) is 0 Å². The van der Waals surface area contributed by atoms with Crippen LogP contribution in [0.2, 0.25) is 0 Å². The van der Waals surface area contributed by atoms with E-state index >= 15 is 0 Å². The maximum absolute atomic E-state index is 9.06. The molecule has 12 heavy (non-hydrogen) atoms. The summed E-state index contributed by atoms with van der Waals surface area (Å²) in [5, 5.41) is 12.5. The van der Waals surface area contributed by atoms with Crippen molar-refractivity contribution < 1.29 is 0 Å². The second-order valence-electron chi connectivity index (χ2n) is 4.25. The summed E-state index contributed by atoms with van der Waals surface area (Å²) in [6.07, 6.45) is 7.37. The molecule has 2 heteroatoms. The Kier molecular flexibility index (Phi) is 2.06. The number of rotatable bonds is 3. The van der Waals surface area contributed by atoms with Crippen molar-refractivity contribution in [3.63, 3.8) is 0 Å². The molecule has 2 saturated carbocycles. The fourth-order valence-electron chi connectivity index (χ4n) is 2.01. The predicted molar refractivity (Wildman–Crippen MR) is 47.5 cm³/mol. The van der Waals surface area contributed by atoms with Crippen molar-refractivity contribution in [1.82, 2.24) is 5.32 Å². The maximum atomic E-state index is 9.06. The van der Waals surface area contributed by atoms with Crippen LogP contribution in [0.25, 0.3) is 0 Å². The SMILES string of the molecule is N#CC1(CNC2CC2)CCCC1. The lowest BCUT2D eigenvalue weighted by atomic mass is 9.88. The molecule has 0 radical (unpaired) electrons. The molecule has 2 rings (SSSR count). The van der Waals surface area contributed by atoms with Crippen LogP contribution in [0.3, 0.4) is 0 Å². The molecular formula is C10H16N2.